The van der Waals surface area contributed by atoms with E-state index in [1.165, 1.54) is 0 Å². The van der Waals surface area contributed by atoms with Crippen LogP contribution >= 0.6 is 15.9 Å². The van der Waals surface area contributed by atoms with Crippen LogP contribution in [0.15, 0.2) is 46.9 Å². The van der Waals surface area contributed by atoms with Gasteiger partial charge in [0.25, 0.3) is 11.8 Å². The fourth-order valence-corrected chi connectivity index (χ4v) is 2.44. The van der Waals surface area contributed by atoms with Crippen LogP contribution in [0.4, 0.5) is 0 Å². The fourth-order valence-electron chi connectivity index (χ4n) is 2.06. The third-order valence-corrected chi connectivity index (χ3v) is 4.39. The van der Waals surface area contributed by atoms with Crippen molar-refractivity contribution in [2.45, 2.75) is 13.8 Å². The van der Waals surface area contributed by atoms with Crippen molar-refractivity contribution in [3.8, 4) is 5.75 Å². The third-order valence-electron chi connectivity index (χ3n) is 3.54. The fraction of sp³-hybridized carbons (Fsp3) is 0.263. The van der Waals surface area contributed by atoms with E-state index in [0.717, 1.165) is 10.0 Å². The molecule has 0 aliphatic rings. The van der Waals surface area contributed by atoms with Crippen molar-refractivity contribution < 1.29 is 19.1 Å². The van der Waals surface area contributed by atoms with Crippen molar-refractivity contribution in [3.63, 3.8) is 0 Å². The Bertz CT molecular complexity index is 763. The van der Waals surface area contributed by atoms with Crippen molar-refractivity contribution in [2.75, 3.05) is 19.8 Å². The summed E-state index contributed by atoms with van der Waals surface area (Å²) >= 11 is 3.38. The highest BCUT2D eigenvalue weighted by molar-refractivity contribution is 9.10. The van der Waals surface area contributed by atoms with Crippen LogP contribution in [-0.2, 0) is 4.74 Å². The largest absolute Gasteiger partial charge is 0.491 e. The molecular formula is C19H21BrN2O4. The Morgan fingerprint density at radius 2 is 1.58 bits per heavy atom. The van der Waals surface area contributed by atoms with Gasteiger partial charge in [-0.1, -0.05) is 22.0 Å². The predicted molar refractivity (Wildman–Crippen MR) is 102 cm³/mol. The molecular weight excluding hydrogens is 400 g/mol. The molecule has 2 N–H and O–H groups in total. The van der Waals surface area contributed by atoms with Gasteiger partial charge in [-0.3, -0.25) is 20.4 Å². The maximum absolute atomic E-state index is 12.1. The van der Waals surface area contributed by atoms with Crippen LogP contribution < -0.4 is 15.6 Å². The topological polar surface area (TPSA) is 76.7 Å². The lowest BCUT2D eigenvalue weighted by molar-refractivity contribution is 0.0846. The van der Waals surface area contributed by atoms with Crippen molar-refractivity contribution in [1.29, 1.82) is 0 Å². The molecule has 0 spiro atoms. The van der Waals surface area contributed by atoms with E-state index >= 15 is 0 Å². The summed E-state index contributed by atoms with van der Waals surface area (Å²) in [6.07, 6.45) is 0. The maximum atomic E-state index is 12.1. The molecule has 0 saturated heterocycles. The number of benzene rings is 2. The van der Waals surface area contributed by atoms with Gasteiger partial charge < -0.3 is 9.47 Å². The predicted octanol–water partition coefficient (Wildman–Crippen LogP) is 3.25. The first-order valence-corrected chi connectivity index (χ1v) is 8.98. The Morgan fingerprint density at radius 3 is 2.19 bits per heavy atom. The minimum atomic E-state index is -0.412. The average molecular weight is 421 g/mol. The molecule has 2 rings (SSSR count). The minimum Gasteiger partial charge on any atom is -0.491 e. The number of ether oxygens (including phenoxy) is 2. The number of hydrogen-bond acceptors (Lipinski definition) is 4. The van der Waals surface area contributed by atoms with E-state index in [0.29, 0.717) is 36.7 Å². The number of carbonyl (C=O) groups excluding carboxylic acids is 2. The van der Waals surface area contributed by atoms with E-state index in [9.17, 15) is 9.59 Å². The van der Waals surface area contributed by atoms with E-state index in [1.807, 2.05) is 19.9 Å². The van der Waals surface area contributed by atoms with Gasteiger partial charge in [0, 0.05) is 22.2 Å². The molecule has 2 aromatic rings. The van der Waals surface area contributed by atoms with Gasteiger partial charge >= 0.3 is 0 Å². The van der Waals surface area contributed by atoms with Crippen molar-refractivity contribution in [2.24, 2.45) is 0 Å². The second-order valence-electron chi connectivity index (χ2n) is 5.44. The van der Waals surface area contributed by atoms with Gasteiger partial charge in [0.2, 0.25) is 0 Å². The molecule has 0 bridgehead atoms. The molecule has 0 saturated carbocycles. The van der Waals surface area contributed by atoms with E-state index in [1.54, 1.807) is 36.4 Å². The number of aryl methyl sites for hydroxylation is 1. The Labute approximate surface area is 161 Å². The highest BCUT2D eigenvalue weighted by Gasteiger charge is 2.10. The van der Waals surface area contributed by atoms with Crippen molar-refractivity contribution >= 4 is 27.7 Å². The number of hydrazine groups is 1. The molecule has 0 aromatic heterocycles. The average Bonchev–Trinajstić information content (AvgIpc) is 2.65. The van der Waals surface area contributed by atoms with Gasteiger partial charge in [0.05, 0.1) is 6.61 Å². The molecule has 6 nitrogen and oxygen atoms in total. The summed E-state index contributed by atoms with van der Waals surface area (Å²) in [5.74, 6) is -0.157. The first-order valence-electron chi connectivity index (χ1n) is 8.18. The molecule has 26 heavy (non-hydrogen) atoms. The maximum Gasteiger partial charge on any atom is 0.269 e. The zero-order valence-electron chi connectivity index (χ0n) is 14.7. The summed E-state index contributed by atoms with van der Waals surface area (Å²) in [4.78, 5) is 24.2. The second-order valence-corrected chi connectivity index (χ2v) is 6.30. The standard InChI is InChI=1S/C19H21BrN2O4/c1-3-25-10-11-26-16-8-6-14(7-9-16)18(23)21-22-19(24)15-5-4-13(2)17(20)12-15/h4-9,12H,3,10-11H2,1-2H3,(H,21,23)(H,22,24). The highest BCUT2D eigenvalue weighted by atomic mass is 79.9. The number of amides is 2. The van der Waals surface area contributed by atoms with Gasteiger partial charge in [0.1, 0.15) is 12.4 Å². The highest BCUT2D eigenvalue weighted by Crippen LogP contribution is 2.17. The summed E-state index contributed by atoms with van der Waals surface area (Å²) < 4.78 is 11.5. The molecule has 2 amide bonds. The lowest BCUT2D eigenvalue weighted by Gasteiger charge is -2.09. The minimum absolute atomic E-state index is 0.394. The van der Waals surface area contributed by atoms with Gasteiger partial charge in [-0.15, -0.1) is 0 Å². The normalized spacial score (nSPS) is 10.3. The molecule has 0 fully saturated rings. The SMILES string of the molecule is CCOCCOc1ccc(C(=O)NNC(=O)c2ccc(C)c(Br)c2)cc1. The Hall–Kier alpha value is -2.38. The van der Waals surface area contributed by atoms with Crippen molar-refractivity contribution in [1.82, 2.24) is 10.9 Å². The van der Waals surface area contributed by atoms with Crippen LogP contribution in [0.25, 0.3) is 0 Å². The molecule has 2 aromatic carbocycles. The number of carbonyl (C=O) groups is 2. The lowest BCUT2D eigenvalue weighted by Crippen LogP contribution is -2.41. The Balaban J connectivity index is 1.85. The van der Waals surface area contributed by atoms with E-state index < -0.39 is 11.8 Å². The molecule has 0 unspecified atom stereocenters. The Morgan fingerprint density at radius 1 is 0.962 bits per heavy atom. The quantitative estimate of drug-likeness (QED) is 0.532. The Kier molecular flexibility index (Phi) is 7.62. The van der Waals surface area contributed by atoms with E-state index in [2.05, 4.69) is 26.8 Å². The van der Waals surface area contributed by atoms with Crippen LogP contribution in [0.5, 0.6) is 5.75 Å². The molecule has 7 heteroatoms. The zero-order chi connectivity index (χ0) is 18.9. The van der Waals surface area contributed by atoms with E-state index in [4.69, 9.17) is 9.47 Å². The van der Waals surface area contributed by atoms with Gasteiger partial charge in [-0.25, -0.2) is 0 Å². The summed E-state index contributed by atoms with van der Waals surface area (Å²) in [6, 6.07) is 11.9. The molecule has 138 valence electrons. The van der Waals surface area contributed by atoms with Crippen LogP contribution in [0.2, 0.25) is 0 Å². The van der Waals surface area contributed by atoms with Crippen molar-refractivity contribution in [3.05, 3.63) is 63.6 Å². The van der Waals surface area contributed by atoms with Crippen LogP contribution in [-0.4, -0.2) is 31.6 Å². The molecule has 0 radical (unpaired) electrons. The number of halogens is 1. The number of hydrogen-bond donors (Lipinski definition) is 2. The molecule has 0 aliphatic heterocycles. The van der Waals surface area contributed by atoms with Crippen LogP contribution in [0.3, 0.4) is 0 Å². The molecule has 0 atom stereocenters. The monoisotopic (exact) mass is 420 g/mol. The summed E-state index contributed by atoms with van der Waals surface area (Å²) in [7, 11) is 0. The smallest absolute Gasteiger partial charge is 0.269 e. The lowest BCUT2D eigenvalue weighted by atomic mass is 10.1. The first kappa shape index (κ1) is 19.9. The summed E-state index contributed by atoms with van der Waals surface area (Å²) in [5, 5.41) is 0. The number of rotatable bonds is 7. The number of nitrogens with one attached hydrogen (secondary N) is 2. The van der Waals surface area contributed by atoms with Gasteiger partial charge in [-0.05, 0) is 55.8 Å². The zero-order valence-corrected chi connectivity index (χ0v) is 16.3. The van der Waals surface area contributed by atoms with Crippen LogP contribution in [0, 0.1) is 6.92 Å². The summed E-state index contributed by atoms with van der Waals surface area (Å²) in [6.45, 7) is 5.46. The second kappa shape index (κ2) is 9.94. The molecule has 0 aliphatic carbocycles. The summed E-state index contributed by atoms with van der Waals surface area (Å²) in [5.41, 5.74) is 6.67. The van der Waals surface area contributed by atoms with Gasteiger partial charge in [-0.2, -0.15) is 0 Å². The first-order chi connectivity index (χ1) is 12.5. The molecule has 0 heterocycles. The third kappa shape index (κ3) is 5.86. The van der Waals surface area contributed by atoms with E-state index in [-0.39, 0.29) is 0 Å². The van der Waals surface area contributed by atoms with Gasteiger partial charge in [0.15, 0.2) is 0 Å². The van der Waals surface area contributed by atoms with Crippen LogP contribution in [0.1, 0.15) is 33.2 Å².